The number of benzene rings is 1. The van der Waals surface area contributed by atoms with Gasteiger partial charge in [-0.25, -0.2) is 0 Å². The number of likely N-dealkylation sites (tertiary alicyclic amines) is 1. The summed E-state index contributed by atoms with van der Waals surface area (Å²) in [5, 5.41) is 0. The number of hydrogen-bond donors (Lipinski definition) is 1. The van der Waals surface area contributed by atoms with E-state index in [1.807, 2.05) is 0 Å². The molecule has 0 spiro atoms. The highest BCUT2D eigenvalue weighted by Gasteiger charge is 2.32. The van der Waals surface area contributed by atoms with Gasteiger partial charge in [-0.2, -0.15) is 0 Å². The largest absolute Gasteiger partial charge is 0.324 e. The second-order valence-electron chi connectivity index (χ2n) is 6.20. The van der Waals surface area contributed by atoms with E-state index in [4.69, 9.17) is 5.73 Å². The molecule has 0 saturated carbocycles. The normalized spacial score (nSPS) is 31.1. The van der Waals surface area contributed by atoms with Crippen molar-refractivity contribution >= 4 is 0 Å². The Balaban J connectivity index is 1.73. The fourth-order valence-corrected chi connectivity index (χ4v) is 3.73. The first-order chi connectivity index (χ1) is 9.16. The Bertz CT molecular complexity index is 445. The van der Waals surface area contributed by atoms with Crippen molar-refractivity contribution in [3.8, 4) is 0 Å². The van der Waals surface area contributed by atoms with Crippen LogP contribution in [0.15, 0.2) is 24.3 Å². The number of nitrogens with zero attached hydrogens (tertiary/aromatic N) is 2. The van der Waals surface area contributed by atoms with Crippen molar-refractivity contribution in [2.45, 2.75) is 37.4 Å². The maximum Gasteiger partial charge on any atom is 0.0367 e. The zero-order chi connectivity index (χ0) is 13.4. The van der Waals surface area contributed by atoms with Crippen LogP contribution in [0.4, 0.5) is 0 Å². The molecule has 0 bridgehead atoms. The van der Waals surface area contributed by atoms with Crippen molar-refractivity contribution < 1.29 is 0 Å². The lowest BCUT2D eigenvalue weighted by Gasteiger charge is -2.30. The van der Waals surface area contributed by atoms with Crippen molar-refractivity contribution in [1.29, 1.82) is 0 Å². The summed E-state index contributed by atoms with van der Waals surface area (Å²) >= 11 is 0. The molecular formula is C16H25N3. The van der Waals surface area contributed by atoms with Crippen LogP contribution >= 0.6 is 0 Å². The number of hydrogen-bond acceptors (Lipinski definition) is 3. The average molecular weight is 259 g/mol. The number of likely N-dealkylation sites (N-methyl/N-ethyl adjacent to an activating group) is 2. The van der Waals surface area contributed by atoms with E-state index in [9.17, 15) is 0 Å². The zero-order valence-electron chi connectivity index (χ0n) is 12.0. The van der Waals surface area contributed by atoms with Crippen LogP contribution in [-0.2, 0) is 0 Å². The Morgan fingerprint density at radius 2 is 2.05 bits per heavy atom. The van der Waals surface area contributed by atoms with Gasteiger partial charge in [0.2, 0.25) is 0 Å². The molecule has 2 N–H and O–H groups in total. The van der Waals surface area contributed by atoms with Crippen LogP contribution in [0.1, 0.15) is 42.5 Å². The Kier molecular flexibility index (Phi) is 3.61. The van der Waals surface area contributed by atoms with E-state index in [-0.39, 0.29) is 6.04 Å². The van der Waals surface area contributed by atoms with Gasteiger partial charge in [0.05, 0.1) is 0 Å². The van der Waals surface area contributed by atoms with E-state index in [2.05, 4.69) is 48.2 Å². The van der Waals surface area contributed by atoms with Crippen LogP contribution < -0.4 is 5.73 Å². The minimum absolute atomic E-state index is 0.213. The maximum absolute atomic E-state index is 6.27. The van der Waals surface area contributed by atoms with Crippen LogP contribution in [0.2, 0.25) is 0 Å². The predicted octanol–water partition coefficient (Wildman–Crippen LogP) is 2.16. The molecule has 1 aliphatic carbocycles. The highest BCUT2D eigenvalue weighted by Crippen LogP contribution is 2.40. The van der Waals surface area contributed by atoms with Crippen molar-refractivity contribution in [2.24, 2.45) is 5.73 Å². The Morgan fingerprint density at radius 1 is 1.32 bits per heavy atom. The third-order valence-corrected chi connectivity index (χ3v) is 4.93. The van der Waals surface area contributed by atoms with Gasteiger partial charge in [-0.3, -0.25) is 4.90 Å². The molecule has 104 valence electrons. The van der Waals surface area contributed by atoms with E-state index in [0.717, 1.165) is 13.0 Å². The lowest BCUT2D eigenvalue weighted by molar-refractivity contribution is 0.173. The van der Waals surface area contributed by atoms with Gasteiger partial charge < -0.3 is 10.6 Å². The van der Waals surface area contributed by atoms with Crippen molar-refractivity contribution in [3.63, 3.8) is 0 Å². The second kappa shape index (κ2) is 5.23. The first kappa shape index (κ1) is 13.1. The summed E-state index contributed by atoms with van der Waals surface area (Å²) in [6.45, 7) is 2.40. The average Bonchev–Trinajstić information content (AvgIpc) is 2.95. The number of fused-ring (bicyclic) bond motifs is 1. The topological polar surface area (TPSA) is 32.5 Å². The number of nitrogens with two attached hydrogens (primary N) is 1. The molecule has 3 unspecified atom stereocenters. The van der Waals surface area contributed by atoms with E-state index in [0.29, 0.717) is 12.1 Å². The summed E-state index contributed by atoms with van der Waals surface area (Å²) in [7, 11) is 4.51. The SMILES string of the molecule is CN1CCCC1CN(C)C1CC(N)c2ccccc21. The van der Waals surface area contributed by atoms with Crippen LogP contribution in [0.5, 0.6) is 0 Å². The third-order valence-electron chi connectivity index (χ3n) is 4.93. The van der Waals surface area contributed by atoms with Gasteiger partial charge >= 0.3 is 0 Å². The molecule has 0 aromatic heterocycles. The number of rotatable bonds is 3. The molecule has 3 nitrogen and oxygen atoms in total. The lowest BCUT2D eigenvalue weighted by Crippen LogP contribution is -2.38. The van der Waals surface area contributed by atoms with Crippen molar-refractivity contribution in [1.82, 2.24) is 9.80 Å². The standard InChI is InChI=1S/C16H25N3/c1-18-9-5-6-12(18)11-19(2)16-10-15(17)13-7-3-4-8-14(13)16/h3-4,7-8,12,15-16H,5-6,9-11,17H2,1-2H3. The van der Waals surface area contributed by atoms with Gasteiger partial charge in [0, 0.05) is 24.7 Å². The van der Waals surface area contributed by atoms with Crippen LogP contribution in [0.3, 0.4) is 0 Å². The molecule has 1 heterocycles. The molecule has 1 aliphatic heterocycles. The summed E-state index contributed by atoms with van der Waals surface area (Å²) in [5.74, 6) is 0. The quantitative estimate of drug-likeness (QED) is 0.903. The maximum atomic E-state index is 6.27. The highest BCUT2D eigenvalue weighted by atomic mass is 15.2. The summed E-state index contributed by atoms with van der Waals surface area (Å²) in [6.07, 6.45) is 3.74. The molecule has 3 heteroatoms. The van der Waals surface area contributed by atoms with Gasteiger partial charge in [-0.15, -0.1) is 0 Å². The summed E-state index contributed by atoms with van der Waals surface area (Å²) in [6, 6.07) is 10.1. The first-order valence-electron chi connectivity index (χ1n) is 7.41. The van der Waals surface area contributed by atoms with Crippen LogP contribution in [0, 0.1) is 0 Å². The Hall–Kier alpha value is -0.900. The van der Waals surface area contributed by atoms with Gasteiger partial charge in [0.1, 0.15) is 0 Å². The van der Waals surface area contributed by atoms with Crippen LogP contribution in [-0.4, -0.2) is 43.0 Å². The monoisotopic (exact) mass is 259 g/mol. The second-order valence-corrected chi connectivity index (χ2v) is 6.20. The van der Waals surface area contributed by atoms with E-state index < -0.39 is 0 Å². The molecule has 19 heavy (non-hydrogen) atoms. The van der Waals surface area contributed by atoms with Gasteiger partial charge in [-0.1, -0.05) is 24.3 Å². The summed E-state index contributed by atoms with van der Waals surface area (Å²) in [4.78, 5) is 5.01. The van der Waals surface area contributed by atoms with Gasteiger partial charge in [0.15, 0.2) is 0 Å². The fourth-order valence-electron chi connectivity index (χ4n) is 3.73. The molecule has 1 aromatic rings. The molecule has 1 aromatic carbocycles. The minimum atomic E-state index is 0.213. The molecule has 0 radical (unpaired) electrons. The summed E-state index contributed by atoms with van der Waals surface area (Å²) in [5.41, 5.74) is 9.06. The molecular weight excluding hydrogens is 234 g/mol. The zero-order valence-corrected chi connectivity index (χ0v) is 12.0. The molecule has 3 rings (SSSR count). The van der Waals surface area contributed by atoms with E-state index >= 15 is 0 Å². The Morgan fingerprint density at radius 3 is 2.74 bits per heavy atom. The van der Waals surface area contributed by atoms with Crippen molar-refractivity contribution in [2.75, 3.05) is 27.2 Å². The minimum Gasteiger partial charge on any atom is -0.324 e. The first-order valence-corrected chi connectivity index (χ1v) is 7.41. The molecule has 1 fully saturated rings. The van der Waals surface area contributed by atoms with E-state index in [1.165, 1.54) is 30.5 Å². The van der Waals surface area contributed by atoms with Crippen molar-refractivity contribution in [3.05, 3.63) is 35.4 Å². The van der Waals surface area contributed by atoms with Crippen LogP contribution in [0.25, 0.3) is 0 Å². The van der Waals surface area contributed by atoms with E-state index in [1.54, 1.807) is 0 Å². The smallest absolute Gasteiger partial charge is 0.0367 e. The molecule has 0 amide bonds. The fraction of sp³-hybridized carbons (Fsp3) is 0.625. The molecule has 1 saturated heterocycles. The molecule has 2 aliphatic rings. The van der Waals surface area contributed by atoms with Gasteiger partial charge in [-0.05, 0) is 51.0 Å². The predicted molar refractivity (Wildman–Crippen MR) is 79.0 cm³/mol. The lowest BCUT2D eigenvalue weighted by atomic mass is 10.1. The molecule has 3 atom stereocenters. The Labute approximate surface area is 116 Å². The summed E-state index contributed by atoms with van der Waals surface area (Å²) < 4.78 is 0. The highest BCUT2D eigenvalue weighted by molar-refractivity contribution is 5.37. The van der Waals surface area contributed by atoms with Gasteiger partial charge in [0.25, 0.3) is 0 Å². The third kappa shape index (κ3) is 2.42.